The predicted octanol–water partition coefficient (Wildman–Crippen LogP) is 3.85. The molecule has 0 spiro atoms. The van der Waals surface area contributed by atoms with Gasteiger partial charge in [-0.05, 0) is 24.3 Å². The van der Waals surface area contributed by atoms with Crippen molar-refractivity contribution in [2.45, 2.75) is 6.92 Å². The second kappa shape index (κ2) is 5.66. The van der Waals surface area contributed by atoms with Gasteiger partial charge in [0.1, 0.15) is 28.9 Å². The van der Waals surface area contributed by atoms with Gasteiger partial charge < -0.3 is 9.26 Å². The zero-order valence-electron chi connectivity index (χ0n) is 11.6. The van der Waals surface area contributed by atoms with Crippen LogP contribution in [0.25, 0.3) is 11.4 Å². The zero-order chi connectivity index (χ0) is 15.5. The normalized spacial score (nSPS) is 10.2. The van der Waals surface area contributed by atoms with E-state index < -0.39 is 5.82 Å². The van der Waals surface area contributed by atoms with E-state index >= 15 is 0 Å². The lowest BCUT2D eigenvalue weighted by molar-refractivity contribution is 0.394. The molecule has 0 bridgehead atoms. The molecule has 1 heterocycles. The standard InChI is InChI=1S/C16H10FN3O2/c1-10-19-16(20-22-10)11-4-2-5-12(8-11)21-15-7-3-6-14(17)13(15)9-18/h2-8H,1H3. The Kier molecular flexibility index (Phi) is 3.54. The lowest BCUT2D eigenvalue weighted by atomic mass is 10.2. The quantitative estimate of drug-likeness (QED) is 0.734. The minimum absolute atomic E-state index is 0.136. The van der Waals surface area contributed by atoms with Crippen LogP contribution in [0.2, 0.25) is 0 Å². The number of aryl methyl sites for hydroxylation is 1. The molecule has 5 nitrogen and oxygen atoms in total. The van der Waals surface area contributed by atoms with Crippen LogP contribution in [0.5, 0.6) is 11.5 Å². The van der Waals surface area contributed by atoms with Gasteiger partial charge in [0.2, 0.25) is 11.7 Å². The molecular formula is C16H10FN3O2. The highest BCUT2D eigenvalue weighted by atomic mass is 19.1. The van der Waals surface area contributed by atoms with Crippen LogP contribution in [0.1, 0.15) is 11.5 Å². The van der Waals surface area contributed by atoms with Crippen molar-refractivity contribution in [2.24, 2.45) is 0 Å². The number of ether oxygens (including phenoxy) is 1. The first-order valence-corrected chi connectivity index (χ1v) is 6.44. The van der Waals surface area contributed by atoms with Gasteiger partial charge >= 0.3 is 0 Å². The van der Waals surface area contributed by atoms with Crippen molar-refractivity contribution in [1.29, 1.82) is 5.26 Å². The Morgan fingerprint density at radius 3 is 2.77 bits per heavy atom. The largest absolute Gasteiger partial charge is 0.456 e. The maximum atomic E-state index is 13.6. The third-order valence-electron chi connectivity index (χ3n) is 2.93. The Labute approximate surface area is 125 Å². The zero-order valence-corrected chi connectivity index (χ0v) is 11.6. The maximum absolute atomic E-state index is 13.6. The molecule has 3 rings (SSSR count). The van der Waals surface area contributed by atoms with E-state index in [2.05, 4.69) is 10.1 Å². The van der Waals surface area contributed by atoms with Crippen molar-refractivity contribution in [1.82, 2.24) is 10.1 Å². The Hall–Kier alpha value is -3.20. The molecule has 108 valence electrons. The molecular weight excluding hydrogens is 285 g/mol. The van der Waals surface area contributed by atoms with Crippen molar-refractivity contribution in [3.63, 3.8) is 0 Å². The van der Waals surface area contributed by atoms with Crippen LogP contribution in [0.3, 0.4) is 0 Å². The molecule has 0 atom stereocenters. The number of nitrogens with zero attached hydrogens (tertiary/aromatic N) is 3. The Bertz CT molecular complexity index is 868. The van der Waals surface area contributed by atoms with Gasteiger partial charge in [0.05, 0.1) is 0 Å². The summed E-state index contributed by atoms with van der Waals surface area (Å²) >= 11 is 0. The number of rotatable bonds is 3. The molecule has 3 aromatic rings. The highest BCUT2D eigenvalue weighted by Crippen LogP contribution is 2.29. The molecule has 0 fully saturated rings. The van der Waals surface area contributed by atoms with E-state index in [1.807, 2.05) is 0 Å². The van der Waals surface area contributed by atoms with Crippen LogP contribution in [0, 0.1) is 24.1 Å². The summed E-state index contributed by atoms with van der Waals surface area (Å²) in [5.74, 6) is 0.872. The fraction of sp³-hybridized carbons (Fsp3) is 0.0625. The summed E-state index contributed by atoms with van der Waals surface area (Å²) in [7, 11) is 0. The summed E-state index contributed by atoms with van der Waals surface area (Å²) in [4.78, 5) is 4.13. The van der Waals surface area contributed by atoms with Gasteiger partial charge in [-0.3, -0.25) is 0 Å². The first kappa shape index (κ1) is 13.8. The third kappa shape index (κ3) is 2.65. The van der Waals surface area contributed by atoms with Crippen LogP contribution in [-0.2, 0) is 0 Å². The van der Waals surface area contributed by atoms with Gasteiger partial charge in [-0.25, -0.2) is 4.39 Å². The highest BCUT2D eigenvalue weighted by molar-refractivity contribution is 5.57. The number of halogens is 1. The molecule has 22 heavy (non-hydrogen) atoms. The summed E-state index contributed by atoms with van der Waals surface area (Å²) < 4.78 is 24.1. The minimum Gasteiger partial charge on any atom is -0.456 e. The van der Waals surface area contributed by atoms with E-state index in [0.29, 0.717) is 23.0 Å². The number of aromatic nitrogens is 2. The average molecular weight is 295 g/mol. The van der Waals surface area contributed by atoms with E-state index in [1.165, 1.54) is 18.2 Å². The third-order valence-corrected chi connectivity index (χ3v) is 2.93. The summed E-state index contributed by atoms with van der Waals surface area (Å²) in [5, 5.41) is 12.8. The molecule has 0 saturated carbocycles. The Balaban J connectivity index is 1.94. The molecule has 0 saturated heterocycles. The molecule has 0 aliphatic rings. The van der Waals surface area contributed by atoms with E-state index in [9.17, 15) is 4.39 Å². The molecule has 0 radical (unpaired) electrons. The van der Waals surface area contributed by atoms with E-state index in [0.717, 1.165) is 0 Å². The van der Waals surface area contributed by atoms with Crippen molar-refractivity contribution in [3.8, 4) is 29.0 Å². The number of nitriles is 1. The number of benzene rings is 2. The summed E-state index contributed by atoms with van der Waals surface area (Å²) in [6.45, 7) is 1.70. The molecule has 0 amide bonds. The predicted molar refractivity (Wildman–Crippen MR) is 75.7 cm³/mol. The van der Waals surface area contributed by atoms with Crippen LogP contribution in [0.15, 0.2) is 47.0 Å². The minimum atomic E-state index is -0.620. The van der Waals surface area contributed by atoms with Gasteiger partial charge in [0.25, 0.3) is 0 Å². The number of hydrogen-bond donors (Lipinski definition) is 0. The maximum Gasteiger partial charge on any atom is 0.223 e. The molecule has 0 N–H and O–H groups in total. The van der Waals surface area contributed by atoms with Gasteiger partial charge in [-0.15, -0.1) is 0 Å². The number of hydrogen-bond acceptors (Lipinski definition) is 5. The molecule has 2 aromatic carbocycles. The lowest BCUT2D eigenvalue weighted by Crippen LogP contribution is -1.92. The van der Waals surface area contributed by atoms with Gasteiger partial charge in [-0.1, -0.05) is 23.4 Å². The highest BCUT2D eigenvalue weighted by Gasteiger charge is 2.11. The van der Waals surface area contributed by atoms with Gasteiger partial charge in [0.15, 0.2) is 0 Å². The van der Waals surface area contributed by atoms with E-state index in [4.69, 9.17) is 14.5 Å². The topological polar surface area (TPSA) is 71.9 Å². The first-order chi connectivity index (χ1) is 10.7. The van der Waals surface area contributed by atoms with Crippen LogP contribution < -0.4 is 4.74 Å². The molecule has 6 heteroatoms. The van der Waals surface area contributed by atoms with Crippen LogP contribution in [0.4, 0.5) is 4.39 Å². The molecule has 0 unspecified atom stereocenters. The van der Waals surface area contributed by atoms with E-state index in [-0.39, 0.29) is 11.3 Å². The first-order valence-electron chi connectivity index (χ1n) is 6.44. The van der Waals surface area contributed by atoms with Crippen molar-refractivity contribution in [2.75, 3.05) is 0 Å². The second-order valence-electron chi connectivity index (χ2n) is 4.49. The van der Waals surface area contributed by atoms with Crippen molar-refractivity contribution in [3.05, 3.63) is 59.7 Å². The fourth-order valence-corrected chi connectivity index (χ4v) is 1.94. The Morgan fingerprint density at radius 1 is 1.23 bits per heavy atom. The molecule has 0 aliphatic carbocycles. The van der Waals surface area contributed by atoms with Crippen LogP contribution in [-0.4, -0.2) is 10.1 Å². The van der Waals surface area contributed by atoms with Gasteiger partial charge in [0, 0.05) is 12.5 Å². The molecule has 0 aliphatic heterocycles. The van der Waals surface area contributed by atoms with Gasteiger partial charge in [-0.2, -0.15) is 10.2 Å². The van der Waals surface area contributed by atoms with Crippen LogP contribution >= 0.6 is 0 Å². The second-order valence-corrected chi connectivity index (χ2v) is 4.49. The Morgan fingerprint density at radius 2 is 2.05 bits per heavy atom. The summed E-state index contributed by atoms with van der Waals surface area (Å²) in [5.41, 5.74) is 0.563. The van der Waals surface area contributed by atoms with Crippen molar-refractivity contribution >= 4 is 0 Å². The fourth-order valence-electron chi connectivity index (χ4n) is 1.94. The summed E-state index contributed by atoms with van der Waals surface area (Å²) in [6, 6.07) is 13.0. The summed E-state index contributed by atoms with van der Waals surface area (Å²) in [6.07, 6.45) is 0. The van der Waals surface area contributed by atoms with Crippen molar-refractivity contribution < 1.29 is 13.7 Å². The molecule has 1 aromatic heterocycles. The SMILES string of the molecule is Cc1nc(-c2cccc(Oc3cccc(F)c3C#N)c2)no1. The monoisotopic (exact) mass is 295 g/mol. The lowest BCUT2D eigenvalue weighted by Gasteiger charge is -2.08. The average Bonchev–Trinajstić information content (AvgIpc) is 2.94. The smallest absolute Gasteiger partial charge is 0.223 e. The van der Waals surface area contributed by atoms with E-state index in [1.54, 1.807) is 37.3 Å².